The Bertz CT molecular complexity index is 1590. The minimum Gasteiger partial charge on any atom is -0.346 e. The van der Waals surface area contributed by atoms with Crippen LogP contribution in [0.25, 0.3) is 21.9 Å². The van der Waals surface area contributed by atoms with Crippen LogP contribution >= 0.6 is 0 Å². The van der Waals surface area contributed by atoms with Crippen LogP contribution < -0.4 is 10.5 Å². The Morgan fingerprint density at radius 2 is 1.83 bits per heavy atom. The second-order valence-electron chi connectivity index (χ2n) is 9.93. The Balaban J connectivity index is 1.57. The Labute approximate surface area is 207 Å². The number of rotatable bonds is 5. The first-order valence-electron chi connectivity index (χ1n) is 11.5. The third-order valence-corrected chi connectivity index (χ3v) is 8.30. The highest BCUT2D eigenvalue weighted by Gasteiger charge is 2.30. The fraction of sp³-hybridized carbons (Fsp3) is 0.185. The first-order chi connectivity index (χ1) is 17.0. The molecule has 0 radical (unpaired) electrons. The Morgan fingerprint density at radius 1 is 1.03 bits per heavy atom. The van der Waals surface area contributed by atoms with Crippen molar-refractivity contribution in [3.05, 3.63) is 89.9 Å². The number of halogens is 3. The summed E-state index contributed by atoms with van der Waals surface area (Å²) in [7, 11) is -1.61. The average molecular weight is 507 g/mol. The Hall–Kier alpha value is -3.85. The number of carbonyl (C=O) groups excluding carboxylic acids is 1. The molecule has 2 N–H and O–H groups in total. The van der Waals surface area contributed by atoms with Crippen LogP contribution in [0.5, 0.6) is 0 Å². The van der Waals surface area contributed by atoms with Crippen molar-refractivity contribution >= 4 is 46.8 Å². The van der Waals surface area contributed by atoms with Gasteiger partial charge in [0, 0.05) is 29.0 Å². The lowest BCUT2D eigenvalue weighted by Gasteiger charge is -2.17. The first kappa shape index (κ1) is 23.9. The van der Waals surface area contributed by atoms with Gasteiger partial charge in [-0.25, -0.2) is 4.98 Å². The van der Waals surface area contributed by atoms with E-state index in [-0.39, 0.29) is 12.5 Å². The number of hydrogen-bond donors (Lipinski definition) is 2. The summed E-state index contributed by atoms with van der Waals surface area (Å²) in [5, 5.41) is 5.88. The molecule has 5 aromatic rings. The topological polar surface area (TPSA) is 62.7 Å². The minimum absolute atomic E-state index is 0.123. The van der Waals surface area contributed by atoms with E-state index >= 15 is 0 Å². The van der Waals surface area contributed by atoms with Crippen molar-refractivity contribution in [2.75, 3.05) is 5.32 Å². The molecule has 3 aromatic heterocycles. The molecule has 3 heterocycles. The predicted molar refractivity (Wildman–Crippen MR) is 140 cm³/mol. The molecule has 0 bridgehead atoms. The molecule has 0 unspecified atom stereocenters. The number of fused-ring (bicyclic) bond motifs is 2. The lowest BCUT2D eigenvalue weighted by molar-refractivity contribution is -0.137. The van der Waals surface area contributed by atoms with Gasteiger partial charge in [-0.1, -0.05) is 49.1 Å². The number of nitrogens with one attached hydrogen (secondary N) is 2. The van der Waals surface area contributed by atoms with Gasteiger partial charge in [-0.3, -0.25) is 4.79 Å². The highest BCUT2D eigenvalue weighted by Crippen LogP contribution is 2.30. The third kappa shape index (κ3) is 4.66. The number of aromatic amines is 1. The van der Waals surface area contributed by atoms with Crippen LogP contribution in [-0.4, -0.2) is 28.5 Å². The molecule has 0 fully saturated rings. The van der Waals surface area contributed by atoms with Crippen LogP contribution in [0.4, 0.5) is 18.9 Å². The number of H-pyrrole nitrogens is 1. The number of amides is 1. The number of pyridine rings is 1. The molecule has 0 saturated heterocycles. The van der Waals surface area contributed by atoms with Crippen molar-refractivity contribution in [2.24, 2.45) is 0 Å². The summed E-state index contributed by atoms with van der Waals surface area (Å²) in [4.78, 5) is 20.8. The number of anilines is 1. The SMILES string of the molecule is C[Si](C)(C)c1ccc2c(c1)cc(C(=O)Nc1cnc3[nH]ccc3c1)n2Cc1cccc(C(F)(F)F)c1. The zero-order chi connectivity index (χ0) is 25.7. The van der Waals surface area contributed by atoms with Gasteiger partial charge in [0.15, 0.2) is 0 Å². The molecule has 184 valence electrons. The quantitative estimate of drug-likeness (QED) is 0.272. The average Bonchev–Trinajstić information content (AvgIpc) is 3.42. The van der Waals surface area contributed by atoms with E-state index in [0.717, 1.165) is 28.4 Å². The van der Waals surface area contributed by atoms with Crippen LogP contribution in [0.1, 0.15) is 21.6 Å². The molecule has 0 aliphatic carbocycles. The maximum absolute atomic E-state index is 13.4. The normalized spacial score (nSPS) is 12.4. The van der Waals surface area contributed by atoms with Crippen molar-refractivity contribution in [1.82, 2.24) is 14.5 Å². The lowest BCUT2D eigenvalue weighted by atomic mass is 10.1. The molecule has 5 rings (SSSR count). The Kier molecular flexibility index (Phi) is 5.75. The second-order valence-corrected chi connectivity index (χ2v) is 15.0. The van der Waals surface area contributed by atoms with E-state index in [4.69, 9.17) is 0 Å². The van der Waals surface area contributed by atoms with Gasteiger partial charge in [0.05, 0.1) is 25.5 Å². The number of alkyl halides is 3. The van der Waals surface area contributed by atoms with Crippen molar-refractivity contribution in [1.29, 1.82) is 0 Å². The van der Waals surface area contributed by atoms with Gasteiger partial charge in [-0.15, -0.1) is 0 Å². The van der Waals surface area contributed by atoms with Gasteiger partial charge >= 0.3 is 6.18 Å². The molecule has 2 aromatic carbocycles. The van der Waals surface area contributed by atoms with E-state index in [1.54, 1.807) is 23.0 Å². The van der Waals surface area contributed by atoms with E-state index in [1.807, 2.05) is 24.3 Å². The minimum atomic E-state index is -4.44. The van der Waals surface area contributed by atoms with Crippen LogP contribution in [0.15, 0.2) is 73.1 Å². The molecule has 1 amide bonds. The third-order valence-electron chi connectivity index (χ3n) is 6.25. The van der Waals surface area contributed by atoms with Crippen LogP contribution in [0, 0.1) is 0 Å². The van der Waals surface area contributed by atoms with Gasteiger partial charge in [-0.2, -0.15) is 13.2 Å². The molecule has 5 nitrogen and oxygen atoms in total. The summed E-state index contributed by atoms with van der Waals surface area (Å²) >= 11 is 0. The molecular weight excluding hydrogens is 481 g/mol. The number of aromatic nitrogens is 3. The van der Waals surface area contributed by atoms with E-state index in [1.165, 1.54) is 11.3 Å². The highest BCUT2D eigenvalue weighted by molar-refractivity contribution is 6.88. The first-order valence-corrected chi connectivity index (χ1v) is 15.0. The zero-order valence-electron chi connectivity index (χ0n) is 20.1. The van der Waals surface area contributed by atoms with Crippen molar-refractivity contribution < 1.29 is 18.0 Å². The smallest absolute Gasteiger partial charge is 0.346 e. The molecule has 0 saturated carbocycles. The molecule has 0 aliphatic rings. The fourth-order valence-electron chi connectivity index (χ4n) is 4.33. The van der Waals surface area contributed by atoms with E-state index in [2.05, 4.69) is 47.1 Å². The lowest BCUT2D eigenvalue weighted by Crippen LogP contribution is -2.37. The second kappa shape index (κ2) is 8.67. The van der Waals surface area contributed by atoms with E-state index in [9.17, 15) is 18.0 Å². The summed E-state index contributed by atoms with van der Waals surface area (Å²) in [6.45, 7) is 6.85. The molecule has 0 aliphatic heterocycles. The van der Waals surface area contributed by atoms with Gasteiger partial charge in [0.25, 0.3) is 5.91 Å². The summed E-state index contributed by atoms with van der Waals surface area (Å²) < 4.78 is 41.7. The zero-order valence-corrected chi connectivity index (χ0v) is 21.1. The van der Waals surface area contributed by atoms with Crippen molar-refractivity contribution in [2.45, 2.75) is 32.4 Å². The molecular formula is C27H25F3N4OSi. The Morgan fingerprint density at radius 3 is 2.58 bits per heavy atom. The number of hydrogen-bond acceptors (Lipinski definition) is 2. The summed E-state index contributed by atoms with van der Waals surface area (Å²) in [5.41, 5.74) is 2.15. The van der Waals surface area contributed by atoms with E-state index in [0.29, 0.717) is 22.6 Å². The highest BCUT2D eigenvalue weighted by atomic mass is 28.3. The monoisotopic (exact) mass is 506 g/mol. The standard InChI is InChI=1S/C27H25F3N4OSi/c1-36(2,3)22-7-8-23-19(13-22)14-24(26(35)33-21-12-18-9-10-31-25(18)32-15-21)34(23)16-17-5-4-6-20(11-17)27(28,29)30/h4-15H,16H2,1-3H3,(H,31,32)(H,33,35). The van der Waals surface area contributed by atoms with Gasteiger partial charge in [-0.05, 0) is 42.0 Å². The molecule has 9 heteroatoms. The largest absolute Gasteiger partial charge is 0.416 e. The van der Waals surface area contributed by atoms with Gasteiger partial charge in [0.1, 0.15) is 11.3 Å². The summed E-state index contributed by atoms with van der Waals surface area (Å²) in [6.07, 6.45) is -1.10. The number of benzene rings is 2. The number of carbonyl (C=O) groups is 1. The van der Waals surface area contributed by atoms with Crippen LogP contribution in [0.3, 0.4) is 0 Å². The van der Waals surface area contributed by atoms with Crippen LogP contribution in [-0.2, 0) is 12.7 Å². The van der Waals surface area contributed by atoms with Crippen molar-refractivity contribution in [3.63, 3.8) is 0 Å². The number of nitrogens with zero attached hydrogens (tertiary/aromatic N) is 2. The predicted octanol–water partition coefficient (Wildman–Crippen LogP) is 6.38. The maximum atomic E-state index is 13.4. The van der Waals surface area contributed by atoms with Gasteiger partial charge < -0.3 is 14.9 Å². The summed E-state index contributed by atoms with van der Waals surface area (Å²) in [5.74, 6) is -0.357. The van der Waals surface area contributed by atoms with Crippen molar-refractivity contribution in [3.8, 4) is 0 Å². The molecule has 0 spiro atoms. The van der Waals surface area contributed by atoms with Gasteiger partial charge in [0.2, 0.25) is 0 Å². The maximum Gasteiger partial charge on any atom is 0.416 e. The van der Waals surface area contributed by atoms with E-state index < -0.39 is 19.8 Å². The van der Waals surface area contributed by atoms with Crippen LogP contribution in [0.2, 0.25) is 19.6 Å². The fourth-order valence-corrected chi connectivity index (χ4v) is 5.50. The molecule has 0 atom stereocenters. The molecule has 36 heavy (non-hydrogen) atoms. The summed E-state index contributed by atoms with van der Waals surface area (Å²) in [6, 6.07) is 16.8.